The Morgan fingerprint density at radius 3 is 2.18 bits per heavy atom. The predicted molar refractivity (Wildman–Crippen MR) is 156 cm³/mol. The molecular weight excluding hydrogens is 580 g/mol. The predicted octanol–water partition coefficient (Wildman–Crippen LogP) is 7.81. The number of halogens is 2. The number of benzene rings is 4. The lowest BCUT2D eigenvalue weighted by Crippen LogP contribution is -2.13. The van der Waals surface area contributed by atoms with Crippen molar-refractivity contribution in [2.45, 2.75) is 13.2 Å². The molecule has 4 aromatic rings. The molecule has 4 rings (SSSR count). The third-order valence-corrected chi connectivity index (χ3v) is 6.38. The molecule has 4 aromatic carbocycles. The maximum atomic E-state index is 12.8. The molecule has 1 N–H and O–H groups in total. The number of methoxy groups -OCH3 is 1. The molecule has 0 spiro atoms. The van der Waals surface area contributed by atoms with E-state index < -0.39 is 5.91 Å². The maximum Gasteiger partial charge on any atom is 0.266 e. The van der Waals surface area contributed by atoms with E-state index in [1.54, 1.807) is 54.6 Å². The highest BCUT2D eigenvalue weighted by molar-refractivity contribution is 9.10. The first-order chi connectivity index (χ1) is 18.9. The number of carbonyl (C=O) groups is 1. The van der Waals surface area contributed by atoms with Gasteiger partial charge in [-0.05, 0) is 83.4 Å². The zero-order chi connectivity index (χ0) is 27.6. The molecule has 0 saturated heterocycles. The van der Waals surface area contributed by atoms with Crippen LogP contribution in [0.5, 0.6) is 17.2 Å². The van der Waals surface area contributed by atoms with E-state index in [2.05, 4.69) is 21.2 Å². The van der Waals surface area contributed by atoms with Crippen molar-refractivity contribution in [3.05, 3.63) is 123 Å². The number of rotatable bonds is 10. The van der Waals surface area contributed by atoms with Crippen LogP contribution in [0.2, 0.25) is 5.02 Å². The molecule has 0 atom stereocenters. The van der Waals surface area contributed by atoms with Crippen LogP contribution in [-0.4, -0.2) is 13.0 Å². The van der Waals surface area contributed by atoms with E-state index in [-0.39, 0.29) is 5.57 Å². The van der Waals surface area contributed by atoms with Gasteiger partial charge in [-0.15, -0.1) is 0 Å². The van der Waals surface area contributed by atoms with E-state index in [1.165, 1.54) is 13.2 Å². The summed E-state index contributed by atoms with van der Waals surface area (Å²) < 4.78 is 18.1. The fraction of sp³-hybridized carbons (Fsp3) is 0.0968. The highest BCUT2D eigenvalue weighted by atomic mass is 79.9. The summed E-state index contributed by atoms with van der Waals surface area (Å²) in [7, 11) is 1.53. The van der Waals surface area contributed by atoms with Crippen LogP contribution in [0.25, 0.3) is 6.08 Å². The van der Waals surface area contributed by atoms with Gasteiger partial charge in [-0.2, -0.15) is 5.26 Å². The molecule has 1 amide bonds. The zero-order valence-electron chi connectivity index (χ0n) is 21.0. The number of nitriles is 1. The largest absolute Gasteiger partial charge is 0.493 e. The normalized spacial score (nSPS) is 10.9. The second-order valence-corrected chi connectivity index (χ2v) is 9.74. The van der Waals surface area contributed by atoms with Gasteiger partial charge in [0.25, 0.3) is 5.91 Å². The van der Waals surface area contributed by atoms with Crippen molar-refractivity contribution in [1.29, 1.82) is 5.26 Å². The number of amides is 1. The van der Waals surface area contributed by atoms with E-state index in [0.29, 0.717) is 46.7 Å². The van der Waals surface area contributed by atoms with Gasteiger partial charge >= 0.3 is 0 Å². The van der Waals surface area contributed by atoms with Crippen molar-refractivity contribution < 1.29 is 19.0 Å². The van der Waals surface area contributed by atoms with Crippen LogP contribution < -0.4 is 19.5 Å². The van der Waals surface area contributed by atoms with Gasteiger partial charge in [-0.1, -0.05) is 57.9 Å². The van der Waals surface area contributed by atoms with Crippen molar-refractivity contribution in [2.75, 3.05) is 12.4 Å². The summed E-state index contributed by atoms with van der Waals surface area (Å²) in [6, 6.07) is 29.4. The first kappa shape index (κ1) is 27.8. The highest BCUT2D eigenvalue weighted by Crippen LogP contribution is 2.30. The molecule has 39 heavy (non-hydrogen) atoms. The van der Waals surface area contributed by atoms with Crippen molar-refractivity contribution in [2.24, 2.45) is 0 Å². The Morgan fingerprint density at radius 2 is 1.54 bits per heavy atom. The fourth-order valence-corrected chi connectivity index (χ4v) is 3.92. The van der Waals surface area contributed by atoms with Gasteiger partial charge in [0.1, 0.15) is 30.6 Å². The lowest BCUT2D eigenvalue weighted by molar-refractivity contribution is -0.112. The minimum absolute atomic E-state index is 0.0533. The first-order valence-electron chi connectivity index (χ1n) is 11.9. The van der Waals surface area contributed by atoms with Gasteiger partial charge in [0.2, 0.25) is 0 Å². The van der Waals surface area contributed by atoms with Gasteiger partial charge in [0.15, 0.2) is 11.5 Å². The second-order valence-electron chi connectivity index (χ2n) is 8.39. The number of hydrogen-bond acceptors (Lipinski definition) is 5. The lowest BCUT2D eigenvalue weighted by Gasteiger charge is -2.12. The minimum Gasteiger partial charge on any atom is -0.493 e. The molecule has 0 aliphatic rings. The monoisotopic (exact) mass is 602 g/mol. The topological polar surface area (TPSA) is 80.6 Å². The quantitative estimate of drug-likeness (QED) is 0.148. The van der Waals surface area contributed by atoms with Crippen LogP contribution in [-0.2, 0) is 18.0 Å². The summed E-state index contributed by atoms with van der Waals surface area (Å²) >= 11 is 9.35. The van der Waals surface area contributed by atoms with Gasteiger partial charge in [-0.25, -0.2) is 0 Å². The maximum absolute atomic E-state index is 12.8. The van der Waals surface area contributed by atoms with Crippen molar-refractivity contribution in [3.63, 3.8) is 0 Å². The number of anilines is 1. The van der Waals surface area contributed by atoms with Crippen molar-refractivity contribution in [3.8, 4) is 23.3 Å². The molecule has 0 fully saturated rings. The van der Waals surface area contributed by atoms with E-state index in [4.69, 9.17) is 25.8 Å². The molecule has 0 radical (unpaired) electrons. The number of nitrogens with one attached hydrogen (secondary N) is 1. The molecular formula is C31H24BrClN2O4. The van der Waals surface area contributed by atoms with Crippen LogP contribution in [0, 0.1) is 11.3 Å². The Bertz CT molecular complexity index is 1500. The molecule has 0 aliphatic heterocycles. The average Bonchev–Trinajstić information content (AvgIpc) is 2.96. The number of ether oxygens (including phenoxy) is 3. The van der Waals surface area contributed by atoms with Gasteiger partial charge < -0.3 is 19.5 Å². The molecule has 0 aliphatic carbocycles. The fourth-order valence-electron chi connectivity index (χ4n) is 3.53. The molecule has 196 valence electrons. The summed E-state index contributed by atoms with van der Waals surface area (Å²) in [5.74, 6) is 1.16. The minimum atomic E-state index is -0.525. The summed E-state index contributed by atoms with van der Waals surface area (Å²) in [6.45, 7) is 0.761. The molecule has 8 heteroatoms. The van der Waals surface area contributed by atoms with Crippen LogP contribution in [0.4, 0.5) is 5.69 Å². The average molecular weight is 604 g/mol. The highest BCUT2D eigenvalue weighted by Gasteiger charge is 2.12. The summed E-state index contributed by atoms with van der Waals surface area (Å²) in [5.41, 5.74) is 3.10. The number of nitrogens with zero attached hydrogens (tertiary/aromatic N) is 1. The summed E-state index contributed by atoms with van der Waals surface area (Å²) in [6.07, 6.45) is 1.50. The Labute approximate surface area is 240 Å². The molecule has 0 saturated carbocycles. The summed E-state index contributed by atoms with van der Waals surface area (Å²) in [4.78, 5) is 12.8. The third kappa shape index (κ3) is 8.11. The Morgan fingerprint density at radius 1 is 0.897 bits per heavy atom. The summed E-state index contributed by atoms with van der Waals surface area (Å²) in [5, 5.41) is 13.0. The molecule has 6 nitrogen and oxygen atoms in total. The van der Waals surface area contributed by atoms with Crippen LogP contribution in [0.3, 0.4) is 0 Å². The van der Waals surface area contributed by atoms with E-state index in [1.807, 2.05) is 42.5 Å². The standard InChI is InChI=1S/C31H24BrClN2O4/c1-37-30-17-23(6-15-29(30)39-20-22-4-9-26(33)10-5-22)16-24(18-34)31(36)35-27-11-13-28(14-12-27)38-19-21-2-7-25(32)8-3-21/h2-17H,19-20H2,1H3,(H,35,36)/b24-16+. The zero-order valence-corrected chi connectivity index (χ0v) is 23.3. The smallest absolute Gasteiger partial charge is 0.266 e. The third-order valence-electron chi connectivity index (χ3n) is 5.60. The van der Waals surface area contributed by atoms with Gasteiger partial charge in [-0.3, -0.25) is 4.79 Å². The molecule has 0 heterocycles. The van der Waals surface area contributed by atoms with Gasteiger partial charge in [0.05, 0.1) is 7.11 Å². The molecule has 0 aromatic heterocycles. The number of hydrogen-bond donors (Lipinski definition) is 1. The second kappa shape index (κ2) is 13.5. The van der Waals surface area contributed by atoms with E-state index in [9.17, 15) is 10.1 Å². The van der Waals surface area contributed by atoms with Crippen molar-refractivity contribution >= 4 is 45.2 Å². The molecule has 0 bridgehead atoms. The Kier molecular flexibility index (Phi) is 9.63. The lowest BCUT2D eigenvalue weighted by atomic mass is 10.1. The van der Waals surface area contributed by atoms with Crippen LogP contribution in [0.15, 0.2) is 101 Å². The van der Waals surface area contributed by atoms with Gasteiger partial charge in [0, 0.05) is 15.2 Å². The Hall–Kier alpha value is -4.25. The van der Waals surface area contributed by atoms with E-state index in [0.717, 1.165) is 15.6 Å². The van der Waals surface area contributed by atoms with Crippen LogP contribution >= 0.6 is 27.5 Å². The van der Waals surface area contributed by atoms with E-state index >= 15 is 0 Å². The van der Waals surface area contributed by atoms with Crippen molar-refractivity contribution in [1.82, 2.24) is 0 Å². The molecule has 0 unspecified atom stereocenters. The first-order valence-corrected chi connectivity index (χ1v) is 13.1. The van der Waals surface area contributed by atoms with Crippen LogP contribution in [0.1, 0.15) is 16.7 Å². The number of carbonyl (C=O) groups excluding carboxylic acids is 1. The SMILES string of the molecule is COc1cc(/C=C(\C#N)C(=O)Nc2ccc(OCc3ccc(Br)cc3)cc2)ccc1OCc1ccc(Cl)cc1. The Balaban J connectivity index is 1.37.